The predicted molar refractivity (Wildman–Crippen MR) is 109 cm³/mol. The molecular formula is C21H26ClN3O3. The molecule has 1 saturated heterocycles. The van der Waals surface area contributed by atoms with Gasteiger partial charge in [-0.1, -0.05) is 30.9 Å². The lowest BCUT2D eigenvalue weighted by molar-refractivity contribution is 0.0633. The Labute approximate surface area is 169 Å². The van der Waals surface area contributed by atoms with Crippen molar-refractivity contribution in [1.82, 2.24) is 15.1 Å². The third-order valence-corrected chi connectivity index (χ3v) is 6.11. The van der Waals surface area contributed by atoms with Gasteiger partial charge in [0.05, 0.1) is 0 Å². The van der Waals surface area contributed by atoms with Crippen molar-refractivity contribution in [2.75, 3.05) is 26.2 Å². The third-order valence-electron chi connectivity index (χ3n) is 5.88. The van der Waals surface area contributed by atoms with Gasteiger partial charge in [-0.3, -0.25) is 4.79 Å². The number of aryl methyl sites for hydroxylation is 1. The van der Waals surface area contributed by atoms with E-state index in [2.05, 4.69) is 5.32 Å². The number of rotatable bonds is 2. The molecule has 0 unspecified atom stereocenters. The van der Waals surface area contributed by atoms with Gasteiger partial charge in [0.1, 0.15) is 5.58 Å². The van der Waals surface area contributed by atoms with Crippen LogP contribution in [-0.4, -0.2) is 54.0 Å². The molecule has 0 atom stereocenters. The van der Waals surface area contributed by atoms with Crippen LogP contribution in [0.25, 0.3) is 11.0 Å². The summed E-state index contributed by atoms with van der Waals surface area (Å²) >= 11 is 6.06. The smallest absolute Gasteiger partial charge is 0.317 e. The van der Waals surface area contributed by atoms with Gasteiger partial charge in [-0.2, -0.15) is 0 Å². The maximum absolute atomic E-state index is 12.9. The molecule has 3 amide bonds. The van der Waals surface area contributed by atoms with Crippen LogP contribution in [0.5, 0.6) is 0 Å². The Hall–Kier alpha value is -2.21. The van der Waals surface area contributed by atoms with Crippen LogP contribution in [0.1, 0.15) is 48.2 Å². The minimum atomic E-state index is -0.128. The van der Waals surface area contributed by atoms with Gasteiger partial charge in [0, 0.05) is 48.2 Å². The number of hydrogen-bond acceptors (Lipinski definition) is 3. The van der Waals surface area contributed by atoms with Crippen LogP contribution in [0.2, 0.25) is 5.02 Å². The second kappa shape index (κ2) is 8.03. The molecule has 2 aliphatic rings. The fraction of sp³-hybridized carbons (Fsp3) is 0.524. The molecule has 0 bridgehead atoms. The van der Waals surface area contributed by atoms with Crippen molar-refractivity contribution < 1.29 is 14.0 Å². The summed E-state index contributed by atoms with van der Waals surface area (Å²) in [5.41, 5.74) is 1.47. The monoisotopic (exact) mass is 403 g/mol. The summed E-state index contributed by atoms with van der Waals surface area (Å²) in [5, 5.41) is 4.63. The van der Waals surface area contributed by atoms with Gasteiger partial charge in [0.2, 0.25) is 0 Å². The van der Waals surface area contributed by atoms with E-state index in [1.54, 1.807) is 17.0 Å². The van der Waals surface area contributed by atoms with Crippen LogP contribution < -0.4 is 5.32 Å². The van der Waals surface area contributed by atoms with Crippen molar-refractivity contribution in [2.45, 2.75) is 45.1 Å². The molecule has 2 aromatic rings. The second-order valence-corrected chi connectivity index (χ2v) is 8.20. The molecule has 28 heavy (non-hydrogen) atoms. The van der Waals surface area contributed by atoms with Crippen LogP contribution in [0.4, 0.5) is 4.79 Å². The van der Waals surface area contributed by atoms with Gasteiger partial charge in [-0.05, 0) is 38.0 Å². The Morgan fingerprint density at radius 2 is 1.75 bits per heavy atom. The summed E-state index contributed by atoms with van der Waals surface area (Å²) in [6.45, 7) is 3.97. The maximum atomic E-state index is 12.9. The fourth-order valence-electron chi connectivity index (χ4n) is 4.17. The van der Waals surface area contributed by atoms with E-state index in [9.17, 15) is 9.59 Å². The molecule has 1 aliphatic heterocycles. The van der Waals surface area contributed by atoms with Crippen LogP contribution in [0.15, 0.2) is 22.6 Å². The van der Waals surface area contributed by atoms with Crippen LogP contribution in [-0.2, 0) is 0 Å². The van der Waals surface area contributed by atoms with E-state index in [4.69, 9.17) is 16.0 Å². The molecule has 150 valence electrons. The highest BCUT2D eigenvalue weighted by Crippen LogP contribution is 2.29. The van der Waals surface area contributed by atoms with Crippen LogP contribution >= 0.6 is 11.6 Å². The quantitative estimate of drug-likeness (QED) is 0.817. The molecule has 0 spiro atoms. The molecule has 2 heterocycles. The van der Waals surface area contributed by atoms with E-state index in [0.717, 1.165) is 23.8 Å². The topological polar surface area (TPSA) is 65.8 Å². The molecular weight excluding hydrogens is 378 g/mol. The Balaban J connectivity index is 1.37. The molecule has 2 fully saturated rings. The number of carbonyl (C=O) groups is 2. The molecule has 6 nitrogen and oxygen atoms in total. The summed E-state index contributed by atoms with van der Waals surface area (Å²) in [6, 6.07) is 5.65. The summed E-state index contributed by atoms with van der Waals surface area (Å²) in [5.74, 6) is 0.231. The minimum Gasteiger partial charge on any atom is -0.451 e. The highest BCUT2D eigenvalue weighted by atomic mass is 35.5. The lowest BCUT2D eigenvalue weighted by Crippen LogP contribution is -2.54. The number of hydrogen-bond donors (Lipinski definition) is 1. The SMILES string of the molecule is Cc1c(C(=O)N2CCN(C(=O)NC3CCCCC3)CC2)oc2ccc(Cl)cc12. The summed E-state index contributed by atoms with van der Waals surface area (Å²) < 4.78 is 5.80. The zero-order chi connectivity index (χ0) is 19.7. The van der Waals surface area contributed by atoms with Crippen molar-refractivity contribution in [1.29, 1.82) is 0 Å². The van der Waals surface area contributed by atoms with Crippen molar-refractivity contribution in [3.63, 3.8) is 0 Å². The van der Waals surface area contributed by atoms with Gasteiger partial charge in [0.15, 0.2) is 5.76 Å². The van der Waals surface area contributed by atoms with Gasteiger partial charge in [0.25, 0.3) is 5.91 Å². The lowest BCUT2D eigenvalue weighted by atomic mass is 9.96. The van der Waals surface area contributed by atoms with Crippen LogP contribution in [0.3, 0.4) is 0 Å². The van der Waals surface area contributed by atoms with E-state index in [1.807, 2.05) is 17.9 Å². The second-order valence-electron chi connectivity index (χ2n) is 7.76. The third kappa shape index (κ3) is 3.83. The number of amides is 3. The first-order valence-corrected chi connectivity index (χ1v) is 10.4. The Bertz CT molecular complexity index is 880. The van der Waals surface area contributed by atoms with E-state index >= 15 is 0 Å². The van der Waals surface area contributed by atoms with E-state index in [-0.39, 0.29) is 11.9 Å². The fourth-order valence-corrected chi connectivity index (χ4v) is 4.34. The highest BCUT2D eigenvalue weighted by Gasteiger charge is 2.29. The van der Waals surface area contributed by atoms with Crippen molar-refractivity contribution in [3.05, 3.63) is 34.5 Å². The Morgan fingerprint density at radius 1 is 1.07 bits per heavy atom. The molecule has 7 heteroatoms. The van der Waals surface area contributed by atoms with Crippen LogP contribution in [0, 0.1) is 6.92 Å². The number of furan rings is 1. The zero-order valence-electron chi connectivity index (χ0n) is 16.2. The summed E-state index contributed by atoms with van der Waals surface area (Å²) in [4.78, 5) is 29.0. The van der Waals surface area contributed by atoms with Gasteiger partial charge >= 0.3 is 6.03 Å². The summed E-state index contributed by atoms with van der Waals surface area (Å²) in [6.07, 6.45) is 5.78. The Kier molecular flexibility index (Phi) is 5.49. The van der Waals surface area contributed by atoms with Crippen molar-refractivity contribution in [3.8, 4) is 0 Å². The number of nitrogens with zero attached hydrogens (tertiary/aromatic N) is 2. The number of piperazine rings is 1. The molecule has 1 aromatic carbocycles. The molecule has 1 aliphatic carbocycles. The molecule has 1 saturated carbocycles. The number of fused-ring (bicyclic) bond motifs is 1. The van der Waals surface area contributed by atoms with Gasteiger partial charge in [-0.15, -0.1) is 0 Å². The van der Waals surface area contributed by atoms with Gasteiger partial charge in [-0.25, -0.2) is 4.79 Å². The first-order valence-electron chi connectivity index (χ1n) is 10.1. The zero-order valence-corrected chi connectivity index (χ0v) is 16.9. The molecule has 0 radical (unpaired) electrons. The van der Waals surface area contributed by atoms with Crippen molar-refractivity contribution in [2.24, 2.45) is 0 Å². The van der Waals surface area contributed by atoms with E-state index in [1.165, 1.54) is 19.3 Å². The first kappa shape index (κ1) is 19.1. The molecule has 1 aromatic heterocycles. The van der Waals surface area contributed by atoms with E-state index < -0.39 is 0 Å². The van der Waals surface area contributed by atoms with Crippen molar-refractivity contribution >= 4 is 34.5 Å². The van der Waals surface area contributed by atoms with E-state index in [0.29, 0.717) is 48.6 Å². The van der Waals surface area contributed by atoms with Gasteiger partial charge < -0.3 is 19.5 Å². The first-order chi connectivity index (χ1) is 13.5. The number of nitrogens with one attached hydrogen (secondary N) is 1. The number of urea groups is 1. The lowest BCUT2D eigenvalue weighted by Gasteiger charge is -2.35. The summed E-state index contributed by atoms with van der Waals surface area (Å²) in [7, 11) is 0. The number of carbonyl (C=O) groups excluding carboxylic acids is 2. The average molecular weight is 404 g/mol. The Morgan fingerprint density at radius 3 is 2.46 bits per heavy atom. The number of halogens is 1. The minimum absolute atomic E-state index is 0.00596. The highest BCUT2D eigenvalue weighted by molar-refractivity contribution is 6.31. The largest absolute Gasteiger partial charge is 0.451 e. The maximum Gasteiger partial charge on any atom is 0.317 e. The predicted octanol–water partition coefficient (Wildman–Crippen LogP) is 4.19. The normalized spacial score (nSPS) is 18.5. The standard InChI is InChI=1S/C21H26ClN3O3/c1-14-17-13-15(22)7-8-18(17)28-19(14)20(26)24-9-11-25(12-10-24)21(27)23-16-5-3-2-4-6-16/h7-8,13,16H,2-6,9-12H2,1H3,(H,23,27). The molecule has 4 rings (SSSR count). The number of benzene rings is 1. The molecule has 1 N–H and O–H groups in total. The average Bonchev–Trinajstić information content (AvgIpc) is 3.04.